The van der Waals surface area contributed by atoms with Crippen molar-refractivity contribution >= 4 is 0 Å². The lowest BCUT2D eigenvalue weighted by atomic mass is 10.2. The molecule has 1 atom stereocenters. The summed E-state index contributed by atoms with van der Waals surface area (Å²) in [6, 6.07) is 7.76. The summed E-state index contributed by atoms with van der Waals surface area (Å²) in [5, 5.41) is 8.91. The lowest BCUT2D eigenvalue weighted by Crippen LogP contribution is -1.96. The topological polar surface area (TPSA) is 38.7 Å². The Morgan fingerprint density at radius 2 is 2.00 bits per heavy atom. The average molecular weight is 234 g/mol. The fourth-order valence-electron chi connectivity index (χ4n) is 1.25. The van der Waals surface area contributed by atoms with E-state index in [4.69, 9.17) is 14.6 Å². The second-order valence-electron chi connectivity index (χ2n) is 3.65. The number of aliphatic hydroxyl groups excluding tert-OH is 1. The van der Waals surface area contributed by atoms with E-state index in [0.717, 1.165) is 11.3 Å². The number of methoxy groups -OCH3 is 1. The van der Waals surface area contributed by atoms with Crippen LogP contribution in [-0.4, -0.2) is 24.9 Å². The molecule has 0 radical (unpaired) electrons. The summed E-state index contributed by atoms with van der Waals surface area (Å²) in [5.74, 6) is 6.36. The molecule has 0 saturated carbocycles. The SMILES string of the molecule is COc1ccc(COCCC#C[C@@H](C)O)cc1. The first-order valence-corrected chi connectivity index (χ1v) is 5.59. The van der Waals surface area contributed by atoms with E-state index in [0.29, 0.717) is 19.6 Å². The monoisotopic (exact) mass is 234 g/mol. The van der Waals surface area contributed by atoms with Crippen molar-refractivity contribution in [3.8, 4) is 17.6 Å². The largest absolute Gasteiger partial charge is 0.497 e. The number of aliphatic hydroxyl groups is 1. The van der Waals surface area contributed by atoms with Gasteiger partial charge in [-0.1, -0.05) is 24.0 Å². The highest BCUT2D eigenvalue weighted by Gasteiger charge is 1.94. The fourth-order valence-corrected chi connectivity index (χ4v) is 1.25. The molecule has 0 heterocycles. The number of benzene rings is 1. The van der Waals surface area contributed by atoms with E-state index in [1.165, 1.54) is 0 Å². The van der Waals surface area contributed by atoms with Gasteiger partial charge < -0.3 is 14.6 Å². The van der Waals surface area contributed by atoms with Gasteiger partial charge in [-0.15, -0.1) is 0 Å². The van der Waals surface area contributed by atoms with Gasteiger partial charge in [-0.05, 0) is 24.6 Å². The van der Waals surface area contributed by atoms with Gasteiger partial charge in [-0.3, -0.25) is 0 Å². The molecule has 1 aromatic rings. The summed E-state index contributed by atoms with van der Waals surface area (Å²) in [5.41, 5.74) is 1.11. The molecule has 0 saturated heterocycles. The summed E-state index contributed by atoms with van der Waals surface area (Å²) in [7, 11) is 1.65. The Balaban J connectivity index is 2.20. The summed E-state index contributed by atoms with van der Waals surface area (Å²) >= 11 is 0. The minimum Gasteiger partial charge on any atom is -0.497 e. The molecule has 3 nitrogen and oxygen atoms in total. The molecule has 92 valence electrons. The average Bonchev–Trinajstić information content (AvgIpc) is 2.34. The molecular weight excluding hydrogens is 216 g/mol. The van der Waals surface area contributed by atoms with Crippen molar-refractivity contribution < 1.29 is 14.6 Å². The van der Waals surface area contributed by atoms with Gasteiger partial charge >= 0.3 is 0 Å². The molecule has 1 N–H and O–H groups in total. The molecule has 1 rings (SSSR count). The maximum absolute atomic E-state index is 8.91. The zero-order valence-electron chi connectivity index (χ0n) is 10.3. The van der Waals surface area contributed by atoms with Crippen LogP contribution < -0.4 is 4.74 Å². The zero-order chi connectivity index (χ0) is 12.5. The molecule has 0 aliphatic heterocycles. The molecule has 0 unspecified atom stereocenters. The molecule has 0 aliphatic rings. The third kappa shape index (κ3) is 5.96. The van der Waals surface area contributed by atoms with Gasteiger partial charge in [0, 0.05) is 6.42 Å². The van der Waals surface area contributed by atoms with Crippen molar-refractivity contribution in [3.05, 3.63) is 29.8 Å². The normalized spacial score (nSPS) is 11.5. The van der Waals surface area contributed by atoms with E-state index < -0.39 is 6.10 Å². The molecule has 17 heavy (non-hydrogen) atoms. The number of hydrogen-bond donors (Lipinski definition) is 1. The van der Waals surface area contributed by atoms with Crippen LogP contribution in [0.2, 0.25) is 0 Å². The third-order valence-electron chi connectivity index (χ3n) is 2.11. The molecule has 0 aliphatic carbocycles. The maximum atomic E-state index is 8.91. The summed E-state index contributed by atoms with van der Waals surface area (Å²) in [6.45, 7) is 2.79. The standard InChI is InChI=1S/C14H18O3/c1-12(15)5-3-4-10-17-11-13-6-8-14(16-2)9-7-13/h6-9,12,15H,4,10-11H2,1-2H3/t12-/m1/s1. The van der Waals surface area contributed by atoms with Crippen LogP contribution in [-0.2, 0) is 11.3 Å². The highest BCUT2D eigenvalue weighted by atomic mass is 16.5. The van der Waals surface area contributed by atoms with E-state index in [-0.39, 0.29) is 0 Å². The van der Waals surface area contributed by atoms with Crippen LogP contribution in [0.15, 0.2) is 24.3 Å². The second-order valence-corrected chi connectivity index (χ2v) is 3.65. The number of hydrogen-bond acceptors (Lipinski definition) is 3. The zero-order valence-corrected chi connectivity index (χ0v) is 10.3. The molecule has 0 spiro atoms. The maximum Gasteiger partial charge on any atom is 0.118 e. The molecule has 0 aromatic heterocycles. The van der Waals surface area contributed by atoms with Gasteiger partial charge in [0.25, 0.3) is 0 Å². The van der Waals surface area contributed by atoms with Crippen molar-refractivity contribution in [2.24, 2.45) is 0 Å². The Bertz CT molecular complexity index is 371. The molecular formula is C14H18O3. The van der Waals surface area contributed by atoms with Crippen LogP contribution in [0, 0.1) is 11.8 Å². The lowest BCUT2D eigenvalue weighted by Gasteiger charge is -2.03. The highest BCUT2D eigenvalue weighted by Crippen LogP contribution is 2.11. The Hall–Kier alpha value is -1.50. The van der Waals surface area contributed by atoms with Crippen LogP contribution >= 0.6 is 0 Å². The van der Waals surface area contributed by atoms with Crippen LogP contribution in [0.5, 0.6) is 5.75 Å². The first kappa shape index (κ1) is 13.6. The van der Waals surface area contributed by atoms with Crippen LogP contribution in [0.1, 0.15) is 18.9 Å². The van der Waals surface area contributed by atoms with Crippen LogP contribution in [0.4, 0.5) is 0 Å². The summed E-state index contributed by atoms with van der Waals surface area (Å²) in [4.78, 5) is 0. The van der Waals surface area contributed by atoms with Gasteiger partial charge in [-0.25, -0.2) is 0 Å². The van der Waals surface area contributed by atoms with Crippen LogP contribution in [0.25, 0.3) is 0 Å². The fraction of sp³-hybridized carbons (Fsp3) is 0.429. The van der Waals surface area contributed by atoms with Crippen molar-refractivity contribution in [1.29, 1.82) is 0 Å². The van der Waals surface area contributed by atoms with E-state index in [1.807, 2.05) is 24.3 Å². The van der Waals surface area contributed by atoms with E-state index in [9.17, 15) is 0 Å². The van der Waals surface area contributed by atoms with Crippen molar-refractivity contribution in [1.82, 2.24) is 0 Å². The second kappa shape index (κ2) is 7.72. The van der Waals surface area contributed by atoms with E-state index >= 15 is 0 Å². The minimum absolute atomic E-state index is 0.559. The van der Waals surface area contributed by atoms with Crippen molar-refractivity contribution in [2.75, 3.05) is 13.7 Å². The summed E-state index contributed by atoms with van der Waals surface area (Å²) < 4.78 is 10.5. The van der Waals surface area contributed by atoms with Crippen molar-refractivity contribution in [3.63, 3.8) is 0 Å². The molecule has 0 amide bonds. The number of ether oxygens (including phenoxy) is 2. The minimum atomic E-state index is -0.559. The molecule has 0 fully saturated rings. The molecule has 3 heteroatoms. The highest BCUT2D eigenvalue weighted by molar-refractivity contribution is 5.26. The predicted molar refractivity (Wildman–Crippen MR) is 66.7 cm³/mol. The van der Waals surface area contributed by atoms with Gasteiger partial charge in [0.05, 0.1) is 20.3 Å². The van der Waals surface area contributed by atoms with Gasteiger partial charge in [0.15, 0.2) is 0 Å². The Labute approximate surface area is 102 Å². The molecule has 1 aromatic carbocycles. The lowest BCUT2D eigenvalue weighted by molar-refractivity contribution is 0.126. The number of rotatable bonds is 5. The third-order valence-corrected chi connectivity index (χ3v) is 2.11. The smallest absolute Gasteiger partial charge is 0.118 e. The van der Waals surface area contributed by atoms with Gasteiger partial charge in [-0.2, -0.15) is 0 Å². The van der Waals surface area contributed by atoms with E-state index in [2.05, 4.69) is 11.8 Å². The summed E-state index contributed by atoms with van der Waals surface area (Å²) in [6.07, 6.45) is 0.0812. The van der Waals surface area contributed by atoms with Gasteiger partial charge in [0.2, 0.25) is 0 Å². The Morgan fingerprint density at radius 1 is 1.29 bits per heavy atom. The van der Waals surface area contributed by atoms with E-state index in [1.54, 1.807) is 14.0 Å². The Kier molecular flexibility index (Phi) is 6.16. The quantitative estimate of drug-likeness (QED) is 0.625. The van der Waals surface area contributed by atoms with Crippen molar-refractivity contribution in [2.45, 2.75) is 26.1 Å². The van der Waals surface area contributed by atoms with Gasteiger partial charge in [0.1, 0.15) is 11.9 Å². The molecule has 0 bridgehead atoms. The van der Waals surface area contributed by atoms with Crippen LogP contribution in [0.3, 0.4) is 0 Å². The predicted octanol–water partition coefficient (Wildman–Crippen LogP) is 1.99. The first-order valence-electron chi connectivity index (χ1n) is 5.59. The Morgan fingerprint density at radius 3 is 2.59 bits per heavy atom. The first-order chi connectivity index (χ1) is 8.22.